The second-order valence-electron chi connectivity index (χ2n) is 6.14. The predicted molar refractivity (Wildman–Crippen MR) is 97.9 cm³/mol. The van der Waals surface area contributed by atoms with Gasteiger partial charge in [-0.2, -0.15) is 0 Å². The third-order valence-corrected chi connectivity index (χ3v) is 4.85. The Morgan fingerprint density at radius 3 is 2.92 bits per heavy atom. The van der Waals surface area contributed by atoms with Crippen molar-refractivity contribution in [3.05, 3.63) is 76.2 Å². The summed E-state index contributed by atoms with van der Waals surface area (Å²) in [5.74, 6) is -0.524. The number of para-hydroxylation sites is 1. The monoisotopic (exact) mass is 354 g/mol. The van der Waals surface area contributed by atoms with E-state index in [9.17, 15) is 9.18 Å². The lowest BCUT2D eigenvalue weighted by Crippen LogP contribution is -2.34. The summed E-state index contributed by atoms with van der Waals surface area (Å²) in [5.41, 5.74) is 4.20. The van der Waals surface area contributed by atoms with Crippen molar-refractivity contribution in [3.8, 4) is 0 Å². The van der Waals surface area contributed by atoms with Crippen molar-refractivity contribution >= 4 is 34.5 Å². The first-order valence-electron chi connectivity index (χ1n) is 8.12. The molecule has 3 aromatic rings. The molecule has 5 heteroatoms. The Bertz CT molecular complexity index is 993. The van der Waals surface area contributed by atoms with Gasteiger partial charge in [0.1, 0.15) is 5.82 Å². The summed E-state index contributed by atoms with van der Waals surface area (Å²) >= 11 is 5.77. The van der Waals surface area contributed by atoms with Crippen LogP contribution in [0.4, 0.5) is 4.39 Å². The van der Waals surface area contributed by atoms with E-state index in [1.54, 1.807) is 12.1 Å². The van der Waals surface area contributed by atoms with Crippen molar-refractivity contribution in [3.63, 3.8) is 0 Å². The number of nitrogens with zero attached hydrogens (tertiary/aromatic N) is 1. The van der Waals surface area contributed by atoms with Gasteiger partial charge in [-0.15, -0.1) is 0 Å². The molecule has 2 aromatic carbocycles. The summed E-state index contributed by atoms with van der Waals surface area (Å²) in [7, 11) is 0. The third-order valence-electron chi connectivity index (χ3n) is 4.56. The van der Waals surface area contributed by atoms with Crippen molar-refractivity contribution in [2.45, 2.75) is 13.0 Å². The number of aromatic amines is 1. The Kier molecular flexibility index (Phi) is 4.06. The maximum absolute atomic E-state index is 13.2. The first-order chi connectivity index (χ1) is 12.1. The molecule has 0 saturated heterocycles. The summed E-state index contributed by atoms with van der Waals surface area (Å²) < 4.78 is 13.2. The first kappa shape index (κ1) is 15.9. The van der Waals surface area contributed by atoms with Gasteiger partial charge < -0.3 is 9.88 Å². The van der Waals surface area contributed by atoms with Crippen LogP contribution in [-0.4, -0.2) is 22.3 Å². The van der Waals surface area contributed by atoms with E-state index in [1.165, 1.54) is 34.9 Å². The van der Waals surface area contributed by atoms with Crippen LogP contribution >= 0.6 is 11.6 Å². The van der Waals surface area contributed by atoms with E-state index < -0.39 is 5.82 Å². The number of carbonyl (C=O) groups excluding carboxylic acids is 1. The summed E-state index contributed by atoms with van der Waals surface area (Å²) in [4.78, 5) is 17.8. The zero-order chi connectivity index (χ0) is 17.4. The topological polar surface area (TPSA) is 36.1 Å². The largest absolute Gasteiger partial charge is 0.358 e. The maximum atomic E-state index is 13.2. The number of benzene rings is 2. The van der Waals surface area contributed by atoms with E-state index in [1.807, 2.05) is 17.0 Å². The molecule has 2 heterocycles. The van der Waals surface area contributed by atoms with Gasteiger partial charge in [-0.1, -0.05) is 35.9 Å². The number of amides is 1. The standard InChI is InChI=1S/C20H16ClFN2O/c21-16-11-13(5-7-17(16)22)6-8-20(25)24-10-9-19-15(12-24)14-3-1-2-4-18(14)23-19/h1-8,11,23H,9-10,12H2. The third kappa shape index (κ3) is 3.05. The fourth-order valence-electron chi connectivity index (χ4n) is 3.24. The summed E-state index contributed by atoms with van der Waals surface area (Å²) in [6.07, 6.45) is 3.99. The molecule has 0 spiro atoms. The second-order valence-corrected chi connectivity index (χ2v) is 6.55. The molecular weight excluding hydrogens is 339 g/mol. The summed E-state index contributed by atoms with van der Waals surface area (Å²) in [6.45, 7) is 1.26. The molecule has 1 aliphatic heterocycles. The average Bonchev–Trinajstić information content (AvgIpc) is 3.00. The van der Waals surface area contributed by atoms with E-state index in [-0.39, 0.29) is 10.9 Å². The lowest BCUT2D eigenvalue weighted by Gasteiger charge is -2.26. The van der Waals surface area contributed by atoms with Gasteiger partial charge in [-0.05, 0) is 29.8 Å². The second kappa shape index (κ2) is 6.37. The Labute approximate surface area is 149 Å². The highest BCUT2D eigenvalue weighted by molar-refractivity contribution is 6.30. The fraction of sp³-hybridized carbons (Fsp3) is 0.150. The molecule has 1 aromatic heterocycles. The van der Waals surface area contributed by atoms with Gasteiger partial charge in [0.05, 0.1) is 5.02 Å². The van der Waals surface area contributed by atoms with Crippen molar-refractivity contribution in [2.75, 3.05) is 6.54 Å². The number of fused-ring (bicyclic) bond motifs is 3. The lowest BCUT2D eigenvalue weighted by atomic mass is 10.0. The minimum absolute atomic E-state index is 0.0519. The number of hydrogen-bond acceptors (Lipinski definition) is 1. The van der Waals surface area contributed by atoms with Crippen molar-refractivity contribution in [1.29, 1.82) is 0 Å². The van der Waals surface area contributed by atoms with Gasteiger partial charge in [0.25, 0.3) is 0 Å². The minimum Gasteiger partial charge on any atom is -0.358 e. The molecule has 25 heavy (non-hydrogen) atoms. The Morgan fingerprint density at radius 2 is 2.08 bits per heavy atom. The zero-order valence-electron chi connectivity index (χ0n) is 13.4. The average molecular weight is 355 g/mol. The number of aromatic nitrogens is 1. The minimum atomic E-state index is -0.465. The molecule has 0 saturated carbocycles. The van der Waals surface area contributed by atoms with E-state index in [2.05, 4.69) is 17.1 Å². The normalized spacial score (nSPS) is 14.2. The Balaban J connectivity index is 1.53. The number of carbonyl (C=O) groups is 1. The molecule has 0 atom stereocenters. The van der Waals surface area contributed by atoms with Crippen LogP contribution in [-0.2, 0) is 17.8 Å². The van der Waals surface area contributed by atoms with Crippen LogP contribution in [0.25, 0.3) is 17.0 Å². The highest BCUT2D eigenvalue weighted by atomic mass is 35.5. The Hall–Kier alpha value is -2.59. The zero-order valence-corrected chi connectivity index (χ0v) is 14.2. The highest BCUT2D eigenvalue weighted by Gasteiger charge is 2.22. The molecule has 0 aliphatic carbocycles. The number of H-pyrrole nitrogens is 1. The van der Waals surface area contributed by atoms with E-state index in [0.717, 1.165) is 11.9 Å². The smallest absolute Gasteiger partial charge is 0.246 e. The van der Waals surface area contributed by atoms with Crippen LogP contribution in [0.1, 0.15) is 16.8 Å². The molecule has 0 unspecified atom stereocenters. The molecule has 3 nitrogen and oxygen atoms in total. The number of hydrogen-bond donors (Lipinski definition) is 1. The van der Waals surface area contributed by atoms with Gasteiger partial charge in [0, 0.05) is 47.7 Å². The number of rotatable bonds is 2. The molecular formula is C20H16ClFN2O. The fourth-order valence-corrected chi connectivity index (χ4v) is 3.43. The number of nitrogens with one attached hydrogen (secondary N) is 1. The number of halogens is 2. The van der Waals surface area contributed by atoms with Crippen LogP contribution in [0.5, 0.6) is 0 Å². The molecule has 0 radical (unpaired) electrons. The maximum Gasteiger partial charge on any atom is 0.246 e. The van der Waals surface area contributed by atoms with Crippen LogP contribution in [0, 0.1) is 5.82 Å². The van der Waals surface area contributed by atoms with Gasteiger partial charge in [0.2, 0.25) is 5.91 Å². The van der Waals surface area contributed by atoms with Gasteiger partial charge in [0.15, 0.2) is 0 Å². The van der Waals surface area contributed by atoms with Gasteiger partial charge in [-0.25, -0.2) is 4.39 Å². The van der Waals surface area contributed by atoms with E-state index in [0.29, 0.717) is 18.7 Å². The predicted octanol–water partition coefficient (Wildman–Crippen LogP) is 4.56. The quantitative estimate of drug-likeness (QED) is 0.673. The molecule has 1 amide bonds. The molecule has 0 bridgehead atoms. The van der Waals surface area contributed by atoms with Crippen LogP contribution in [0.15, 0.2) is 48.5 Å². The highest BCUT2D eigenvalue weighted by Crippen LogP contribution is 2.27. The van der Waals surface area contributed by atoms with Crippen molar-refractivity contribution in [2.24, 2.45) is 0 Å². The molecule has 0 fully saturated rings. The van der Waals surface area contributed by atoms with Gasteiger partial charge >= 0.3 is 0 Å². The SMILES string of the molecule is O=C(C=Cc1ccc(F)c(Cl)c1)N1CCc2[nH]c3ccccc3c2C1. The van der Waals surface area contributed by atoms with Gasteiger partial charge in [-0.3, -0.25) is 4.79 Å². The lowest BCUT2D eigenvalue weighted by molar-refractivity contribution is -0.126. The van der Waals surface area contributed by atoms with Crippen molar-refractivity contribution < 1.29 is 9.18 Å². The molecule has 1 aliphatic rings. The molecule has 126 valence electrons. The molecule has 4 rings (SSSR count). The van der Waals surface area contributed by atoms with Crippen LogP contribution in [0.2, 0.25) is 5.02 Å². The van der Waals surface area contributed by atoms with E-state index >= 15 is 0 Å². The Morgan fingerprint density at radius 1 is 1.24 bits per heavy atom. The molecule has 1 N–H and O–H groups in total. The van der Waals surface area contributed by atoms with Crippen LogP contribution in [0.3, 0.4) is 0 Å². The summed E-state index contributed by atoms with van der Waals surface area (Å²) in [5, 5.41) is 1.22. The van der Waals surface area contributed by atoms with E-state index in [4.69, 9.17) is 11.6 Å². The van der Waals surface area contributed by atoms with Crippen LogP contribution < -0.4 is 0 Å². The summed E-state index contributed by atoms with van der Waals surface area (Å²) in [6, 6.07) is 12.5. The first-order valence-corrected chi connectivity index (χ1v) is 8.50. The van der Waals surface area contributed by atoms with Crippen molar-refractivity contribution in [1.82, 2.24) is 9.88 Å².